The van der Waals surface area contributed by atoms with Gasteiger partial charge in [0, 0.05) is 25.7 Å². The van der Waals surface area contributed by atoms with Crippen molar-refractivity contribution in [3.05, 3.63) is 36.4 Å². The SMILES string of the molecule is CCN(CC)c1ccc(NS(=O)(=O)c2ccc(NC(C)=O)cc2)nn1. The maximum Gasteiger partial charge on any atom is 0.263 e. The Morgan fingerprint density at radius 1 is 1.04 bits per heavy atom. The van der Waals surface area contributed by atoms with Crippen LogP contribution < -0.4 is 14.9 Å². The number of rotatable bonds is 7. The normalized spacial score (nSPS) is 11.0. The number of sulfonamides is 1. The highest BCUT2D eigenvalue weighted by atomic mass is 32.2. The number of anilines is 3. The molecule has 8 nitrogen and oxygen atoms in total. The van der Waals surface area contributed by atoms with E-state index < -0.39 is 10.0 Å². The Morgan fingerprint density at radius 2 is 1.68 bits per heavy atom. The lowest BCUT2D eigenvalue weighted by atomic mass is 10.3. The van der Waals surface area contributed by atoms with Gasteiger partial charge in [0.15, 0.2) is 11.6 Å². The molecule has 1 aromatic carbocycles. The second kappa shape index (κ2) is 7.93. The van der Waals surface area contributed by atoms with Gasteiger partial charge in [-0.2, -0.15) is 0 Å². The summed E-state index contributed by atoms with van der Waals surface area (Å²) < 4.78 is 27.2. The molecule has 0 radical (unpaired) electrons. The fraction of sp³-hybridized carbons (Fsp3) is 0.312. The van der Waals surface area contributed by atoms with Gasteiger partial charge < -0.3 is 10.2 Å². The average molecular weight is 363 g/mol. The third-order valence-corrected chi connectivity index (χ3v) is 4.83. The minimum Gasteiger partial charge on any atom is -0.356 e. The van der Waals surface area contributed by atoms with Gasteiger partial charge in [-0.05, 0) is 50.2 Å². The van der Waals surface area contributed by atoms with E-state index in [-0.39, 0.29) is 16.6 Å². The van der Waals surface area contributed by atoms with Gasteiger partial charge in [-0.1, -0.05) is 0 Å². The van der Waals surface area contributed by atoms with Gasteiger partial charge in [0.1, 0.15) is 0 Å². The first kappa shape index (κ1) is 18.7. The molecule has 2 rings (SSSR count). The van der Waals surface area contributed by atoms with Crippen molar-refractivity contribution in [1.82, 2.24) is 10.2 Å². The molecule has 2 aromatic rings. The van der Waals surface area contributed by atoms with E-state index >= 15 is 0 Å². The largest absolute Gasteiger partial charge is 0.356 e. The van der Waals surface area contributed by atoms with Crippen molar-refractivity contribution in [2.45, 2.75) is 25.7 Å². The van der Waals surface area contributed by atoms with Crippen LogP contribution in [0.2, 0.25) is 0 Å². The lowest BCUT2D eigenvalue weighted by molar-refractivity contribution is -0.114. The van der Waals surface area contributed by atoms with Crippen molar-refractivity contribution in [1.29, 1.82) is 0 Å². The first-order valence-electron chi connectivity index (χ1n) is 7.85. The molecule has 0 saturated carbocycles. The molecule has 0 aliphatic heterocycles. The van der Waals surface area contributed by atoms with E-state index in [2.05, 4.69) is 20.2 Å². The summed E-state index contributed by atoms with van der Waals surface area (Å²) in [5.41, 5.74) is 0.523. The van der Waals surface area contributed by atoms with Crippen molar-refractivity contribution < 1.29 is 13.2 Å². The summed E-state index contributed by atoms with van der Waals surface area (Å²) in [6.07, 6.45) is 0. The minimum absolute atomic E-state index is 0.0659. The molecule has 0 aliphatic carbocycles. The topological polar surface area (TPSA) is 104 Å². The Labute approximate surface area is 147 Å². The summed E-state index contributed by atoms with van der Waals surface area (Å²) in [7, 11) is -3.78. The monoisotopic (exact) mass is 363 g/mol. The number of aromatic nitrogens is 2. The molecule has 0 bridgehead atoms. The highest BCUT2D eigenvalue weighted by Gasteiger charge is 2.15. The molecule has 2 N–H and O–H groups in total. The molecule has 1 aromatic heterocycles. The fourth-order valence-electron chi connectivity index (χ4n) is 2.21. The second-order valence-electron chi connectivity index (χ2n) is 5.26. The lowest BCUT2D eigenvalue weighted by Gasteiger charge is -2.18. The smallest absolute Gasteiger partial charge is 0.263 e. The third kappa shape index (κ3) is 4.90. The van der Waals surface area contributed by atoms with Gasteiger partial charge >= 0.3 is 0 Å². The zero-order chi connectivity index (χ0) is 18.4. The first-order valence-corrected chi connectivity index (χ1v) is 9.33. The van der Waals surface area contributed by atoms with Gasteiger partial charge in [-0.15, -0.1) is 10.2 Å². The van der Waals surface area contributed by atoms with Crippen LogP contribution in [-0.2, 0) is 14.8 Å². The summed E-state index contributed by atoms with van der Waals surface area (Å²) in [4.78, 5) is 13.1. The zero-order valence-electron chi connectivity index (χ0n) is 14.4. The van der Waals surface area contributed by atoms with Crippen LogP contribution in [0.15, 0.2) is 41.3 Å². The summed E-state index contributed by atoms with van der Waals surface area (Å²) in [5, 5.41) is 10.6. The summed E-state index contributed by atoms with van der Waals surface area (Å²) >= 11 is 0. The Morgan fingerprint density at radius 3 is 2.16 bits per heavy atom. The molecule has 0 fully saturated rings. The second-order valence-corrected chi connectivity index (χ2v) is 6.94. The van der Waals surface area contributed by atoms with Crippen molar-refractivity contribution in [3.63, 3.8) is 0 Å². The molecule has 0 unspecified atom stereocenters. The summed E-state index contributed by atoms with van der Waals surface area (Å²) in [5.74, 6) is 0.603. The lowest BCUT2D eigenvalue weighted by Crippen LogP contribution is -2.23. The Bertz CT molecular complexity index is 816. The number of nitrogens with one attached hydrogen (secondary N) is 2. The predicted molar refractivity (Wildman–Crippen MR) is 97.1 cm³/mol. The van der Waals surface area contributed by atoms with Crippen LogP contribution in [0.25, 0.3) is 0 Å². The number of hydrogen-bond donors (Lipinski definition) is 2. The van der Waals surface area contributed by atoms with Crippen LogP contribution >= 0.6 is 0 Å². The molecule has 0 saturated heterocycles. The minimum atomic E-state index is -3.78. The predicted octanol–water partition coefficient (Wildman–Crippen LogP) is 2.08. The van der Waals surface area contributed by atoms with Crippen LogP contribution in [0.3, 0.4) is 0 Å². The number of hydrogen-bond acceptors (Lipinski definition) is 6. The highest BCUT2D eigenvalue weighted by Crippen LogP contribution is 2.18. The molecule has 25 heavy (non-hydrogen) atoms. The first-order chi connectivity index (χ1) is 11.9. The molecule has 0 atom stereocenters. The Kier molecular flexibility index (Phi) is 5.92. The number of carbonyl (C=O) groups excluding carboxylic acids is 1. The van der Waals surface area contributed by atoms with Crippen molar-refractivity contribution in [2.75, 3.05) is 28.0 Å². The van der Waals surface area contributed by atoms with E-state index in [1.807, 2.05) is 18.7 Å². The molecular formula is C16H21N5O3S. The Balaban J connectivity index is 2.14. The van der Waals surface area contributed by atoms with Crippen LogP contribution in [0, 0.1) is 0 Å². The van der Waals surface area contributed by atoms with E-state index in [1.54, 1.807) is 12.1 Å². The maximum absolute atomic E-state index is 12.4. The van der Waals surface area contributed by atoms with Gasteiger partial charge in [0.2, 0.25) is 5.91 Å². The molecule has 0 spiro atoms. The van der Waals surface area contributed by atoms with Crippen LogP contribution in [0.1, 0.15) is 20.8 Å². The molecular weight excluding hydrogens is 342 g/mol. The average Bonchev–Trinajstić information content (AvgIpc) is 2.57. The molecule has 134 valence electrons. The van der Waals surface area contributed by atoms with E-state index in [4.69, 9.17) is 0 Å². The zero-order valence-corrected chi connectivity index (χ0v) is 15.2. The number of nitrogens with zero attached hydrogens (tertiary/aromatic N) is 3. The molecule has 0 aliphatic rings. The van der Waals surface area contributed by atoms with Crippen LogP contribution in [-0.4, -0.2) is 37.6 Å². The Hall–Kier alpha value is -2.68. The standard InChI is InChI=1S/C16H21N5O3S/c1-4-21(5-2)16-11-10-15(18-19-16)20-25(23,24)14-8-6-13(7-9-14)17-12(3)22/h6-11H,4-5H2,1-3H3,(H,17,22)(H,18,20). The number of benzene rings is 1. The molecule has 1 heterocycles. The third-order valence-electron chi connectivity index (χ3n) is 3.46. The highest BCUT2D eigenvalue weighted by molar-refractivity contribution is 7.92. The van der Waals surface area contributed by atoms with Gasteiger partial charge in [0.05, 0.1) is 4.90 Å². The van der Waals surface area contributed by atoms with Crippen LogP contribution in [0.4, 0.5) is 17.3 Å². The van der Waals surface area contributed by atoms with Gasteiger partial charge in [-0.25, -0.2) is 8.42 Å². The van der Waals surface area contributed by atoms with Crippen molar-refractivity contribution in [2.24, 2.45) is 0 Å². The van der Waals surface area contributed by atoms with E-state index in [1.165, 1.54) is 31.2 Å². The van der Waals surface area contributed by atoms with Crippen molar-refractivity contribution >= 4 is 33.3 Å². The number of carbonyl (C=O) groups is 1. The number of amides is 1. The van der Waals surface area contributed by atoms with E-state index in [9.17, 15) is 13.2 Å². The van der Waals surface area contributed by atoms with Crippen molar-refractivity contribution in [3.8, 4) is 0 Å². The van der Waals surface area contributed by atoms with E-state index in [0.717, 1.165) is 13.1 Å². The van der Waals surface area contributed by atoms with Gasteiger partial charge in [0.25, 0.3) is 10.0 Å². The van der Waals surface area contributed by atoms with E-state index in [0.29, 0.717) is 11.5 Å². The molecule has 1 amide bonds. The van der Waals surface area contributed by atoms with Crippen LogP contribution in [0.5, 0.6) is 0 Å². The molecule has 9 heteroatoms. The fourth-order valence-corrected chi connectivity index (χ4v) is 3.21. The maximum atomic E-state index is 12.4. The summed E-state index contributed by atoms with van der Waals surface area (Å²) in [6, 6.07) is 9.15. The summed E-state index contributed by atoms with van der Waals surface area (Å²) in [6.45, 7) is 6.97. The van der Waals surface area contributed by atoms with Gasteiger partial charge in [-0.3, -0.25) is 9.52 Å². The quantitative estimate of drug-likeness (QED) is 0.780.